The second-order valence-electron chi connectivity index (χ2n) is 6.67. The summed E-state index contributed by atoms with van der Waals surface area (Å²) in [4.78, 5) is 34.5. The average Bonchev–Trinajstić information content (AvgIpc) is 3.14. The number of hydrogen-bond acceptors (Lipinski definition) is 5. The third-order valence-corrected chi connectivity index (χ3v) is 5.25. The number of pyridine rings is 1. The maximum Gasteiger partial charge on any atom is 0.245 e. The fourth-order valence-corrected chi connectivity index (χ4v) is 3.65. The van der Waals surface area contributed by atoms with Gasteiger partial charge < -0.3 is 10.2 Å². The van der Waals surface area contributed by atoms with Gasteiger partial charge in [0.05, 0.1) is 18.0 Å². The quantitative estimate of drug-likeness (QED) is 0.607. The van der Waals surface area contributed by atoms with Crippen molar-refractivity contribution in [2.45, 2.75) is 19.0 Å². The molecule has 0 unspecified atom stereocenters. The Labute approximate surface area is 174 Å². The lowest BCUT2D eigenvalue weighted by atomic mass is 10.2. The largest absolute Gasteiger partial charge is 0.336 e. The molecule has 0 saturated carbocycles. The molecule has 0 atom stereocenters. The molecule has 2 aromatic heterocycles. The molecule has 0 fully saturated rings. The summed E-state index contributed by atoms with van der Waals surface area (Å²) in [7, 11) is 1.61. The highest BCUT2D eigenvalue weighted by Gasteiger charge is 2.16. The van der Waals surface area contributed by atoms with E-state index >= 15 is 0 Å². The number of thioether (sulfide) groups is 1. The summed E-state index contributed by atoms with van der Waals surface area (Å²) >= 11 is 1.34. The van der Waals surface area contributed by atoms with Crippen molar-refractivity contribution in [3.8, 4) is 5.69 Å². The van der Waals surface area contributed by atoms with Crippen molar-refractivity contribution in [1.29, 1.82) is 0 Å². The number of para-hydroxylation sites is 1. The number of amides is 2. The van der Waals surface area contributed by atoms with Crippen LogP contribution in [0.2, 0.25) is 0 Å². The zero-order chi connectivity index (χ0) is 20.8. The lowest BCUT2D eigenvalue weighted by molar-refractivity contribution is -0.131. The number of benzene rings is 1. The third kappa shape index (κ3) is 5.45. The Morgan fingerprint density at radius 2 is 1.93 bits per heavy atom. The smallest absolute Gasteiger partial charge is 0.245 e. The number of aromatic nitrogens is 3. The van der Waals surface area contributed by atoms with Gasteiger partial charge in [0.2, 0.25) is 11.8 Å². The highest BCUT2D eigenvalue weighted by Crippen LogP contribution is 2.22. The fourth-order valence-electron chi connectivity index (χ4n) is 2.74. The molecule has 0 spiro atoms. The Morgan fingerprint density at radius 1 is 1.14 bits per heavy atom. The van der Waals surface area contributed by atoms with Gasteiger partial charge in [-0.15, -0.1) is 0 Å². The van der Waals surface area contributed by atoms with Crippen molar-refractivity contribution >= 4 is 29.4 Å². The molecule has 8 heteroatoms. The van der Waals surface area contributed by atoms with E-state index in [1.54, 1.807) is 25.5 Å². The maximum absolute atomic E-state index is 12.5. The van der Waals surface area contributed by atoms with Gasteiger partial charge in [-0.25, -0.2) is 9.97 Å². The minimum atomic E-state index is -0.287. The van der Waals surface area contributed by atoms with Gasteiger partial charge in [0.1, 0.15) is 5.82 Å². The Hall–Kier alpha value is -3.13. The summed E-state index contributed by atoms with van der Waals surface area (Å²) in [6.07, 6.45) is 5.22. The molecule has 0 aliphatic heterocycles. The van der Waals surface area contributed by atoms with Crippen LogP contribution in [-0.2, 0) is 9.59 Å². The Balaban J connectivity index is 1.55. The minimum Gasteiger partial charge on any atom is -0.336 e. The first-order chi connectivity index (χ1) is 13.9. The summed E-state index contributed by atoms with van der Waals surface area (Å²) in [5.74, 6) is 0.229. The number of carbonyl (C=O) groups is 2. The molecule has 2 heterocycles. The molecule has 3 rings (SSSR count). The maximum atomic E-state index is 12.5. The van der Waals surface area contributed by atoms with Gasteiger partial charge in [-0.05, 0) is 43.2 Å². The Bertz CT molecular complexity index is 1020. The molecule has 0 aliphatic rings. The highest BCUT2D eigenvalue weighted by molar-refractivity contribution is 7.99. The molecule has 150 valence electrons. The molecular formula is C21H23N5O2S. The number of aryl methyl sites for hydroxylation is 2. The van der Waals surface area contributed by atoms with Crippen molar-refractivity contribution < 1.29 is 9.59 Å². The predicted octanol–water partition coefficient (Wildman–Crippen LogP) is 3.07. The van der Waals surface area contributed by atoms with Crippen LogP contribution in [0, 0.1) is 13.8 Å². The van der Waals surface area contributed by atoms with Crippen molar-refractivity contribution in [2.75, 3.05) is 24.7 Å². The number of imidazole rings is 1. The number of anilines is 1. The second-order valence-corrected chi connectivity index (χ2v) is 7.61. The van der Waals surface area contributed by atoms with E-state index in [0.29, 0.717) is 5.82 Å². The molecular weight excluding hydrogens is 386 g/mol. The topological polar surface area (TPSA) is 80.1 Å². The highest BCUT2D eigenvalue weighted by atomic mass is 32.2. The van der Waals surface area contributed by atoms with E-state index in [9.17, 15) is 9.59 Å². The second kappa shape index (κ2) is 9.38. The number of hydrogen-bond donors (Lipinski definition) is 1. The van der Waals surface area contributed by atoms with Crippen molar-refractivity contribution in [3.63, 3.8) is 0 Å². The van der Waals surface area contributed by atoms with Gasteiger partial charge in [0.15, 0.2) is 5.16 Å². The molecule has 2 amide bonds. The summed E-state index contributed by atoms with van der Waals surface area (Å²) in [5.41, 5.74) is 3.15. The molecule has 0 aliphatic carbocycles. The first kappa shape index (κ1) is 20.6. The molecule has 3 aromatic rings. The first-order valence-electron chi connectivity index (χ1n) is 9.12. The minimum absolute atomic E-state index is 0.0404. The summed E-state index contributed by atoms with van der Waals surface area (Å²) < 4.78 is 1.96. The SMILES string of the molecule is Cc1ccnc(NC(=O)CN(C)C(=O)CSc2nccn2-c2ccccc2C)c1. The van der Waals surface area contributed by atoms with Gasteiger partial charge >= 0.3 is 0 Å². The van der Waals surface area contributed by atoms with Crippen LogP contribution in [0.15, 0.2) is 60.1 Å². The van der Waals surface area contributed by atoms with Gasteiger partial charge in [0, 0.05) is 25.6 Å². The third-order valence-electron chi connectivity index (χ3n) is 4.30. The summed E-state index contributed by atoms with van der Waals surface area (Å²) in [5, 5.41) is 3.44. The van der Waals surface area contributed by atoms with E-state index in [1.165, 1.54) is 16.7 Å². The molecule has 1 N–H and O–H groups in total. The van der Waals surface area contributed by atoms with Crippen LogP contribution in [0.25, 0.3) is 5.69 Å². The Kier molecular flexibility index (Phi) is 6.66. The molecule has 0 saturated heterocycles. The van der Waals surface area contributed by atoms with Crippen LogP contribution in [-0.4, -0.2) is 50.6 Å². The van der Waals surface area contributed by atoms with Gasteiger partial charge in [0.25, 0.3) is 0 Å². The monoisotopic (exact) mass is 409 g/mol. The van der Waals surface area contributed by atoms with Crippen LogP contribution in [0.4, 0.5) is 5.82 Å². The van der Waals surface area contributed by atoms with E-state index in [-0.39, 0.29) is 24.1 Å². The van der Waals surface area contributed by atoms with Gasteiger partial charge in [-0.3, -0.25) is 14.2 Å². The lowest BCUT2D eigenvalue weighted by Gasteiger charge is -2.17. The van der Waals surface area contributed by atoms with Gasteiger partial charge in [-0.2, -0.15) is 0 Å². The van der Waals surface area contributed by atoms with E-state index in [1.807, 2.05) is 54.9 Å². The fraction of sp³-hybridized carbons (Fsp3) is 0.238. The van der Waals surface area contributed by atoms with Crippen LogP contribution in [0.1, 0.15) is 11.1 Å². The standard InChI is InChI=1S/C21H23N5O2S/c1-15-8-9-22-18(12-15)24-19(27)13-25(3)20(28)14-29-21-23-10-11-26(21)17-7-5-4-6-16(17)2/h4-12H,13-14H2,1-3H3,(H,22,24,27). The normalized spacial score (nSPS) is 10.6. The summed E-state index contributed by atoms with van der Waals surface area (Å²) in [6, 6.07) is 11.6. The molecule has 29 heavy (non-hydrogen) atoms. The van der Waals surface area contributed by atoms with E-state index in [2.05, 4.69) is 15.3 Å². The Morgan fingerprint density at radius 3 is 2.69 bits per heavy atom. The van der Waals surface area contributed by atoms with E-state index in [0.717, 1.165) is 22.0 Å². The lowest BCUT2D eigenvalue weighted by Crippen LogP contribution is -2.36. The van der Waals surface area contributed by atoms with Crippen LogP contribution >= 0.6 is 11.8 Å². The molecule has 0 radical (unpaired) electrons. The predicted molar refractivity (Wildman–Crippen MR) is 114 cm³/mol. The van der Waals surface area contributed by atoms with E-state index < -0.39 is 0 Å². The van der Waals surface area contributed by atoms with Crippen LogP contribution in [0.3, 0.4) is 0 Å². The van der Waals surface area contributed by atoms with Gasteiger partial charge in [-0.1, -0.05) is 30.0 Å². The molecule has 1 aromatic carbocycles. The van der Waals surface area contributed by atoms with Crippen LogP contribution < -0.4 is 5.32 Å². The van der Waals surface area contributed by atoms with Crippen LogP contribution in [0.5, 0.6) is 0 Å². The van der Waals surface area contributed by atoms with E-state index in [4.69, 9.17) is 0 Å². The molecule has 7 nitrogen and oxygen atoms in total. The number of likely N-dealkylation sites (N-methyl/N-ethyl adjacent to an activating group) is 1. The number of rotatable bonds is 7. The number of carbonyl (C=O) groups excluding carboxylic acids is 2. The zero-order valence-electron chi connectivity index (χ0n) is 16.6. The zero-order valence-corrected chi connectivity index (χ0v) is 17.4. The van der Waals surface area contributed by atoms with Crippen molar-refractivity contribution in [1.82, 2.24) is 19.4 Å². The number of nitrogens with zero attached hydrogens (tertiary/aromatic N) is 4. The first-order valence-corrected chi connectivity index (χ1v) is 10.1. The van der Waals surface area contributed by atoms with Crippen molar-refractivity contribution in [3.05, 3.63) is 66.1 Å². The average molecular weight is 410 g/mol. The molecule has 0 bridgehead atoms. The summed E-state index contributed by atoms with van der Waals surface area (Å²) in [6.45, 7) is 3.91. The number of nitrogens with one attached hydrogen (secondary N) is 1. The van der Waals surface area contributed by atoms with Crippen molar-refractivity contribution in [2.24, 2.45) is 0 Å².